The second-order valence-electron chi connectivity index (χ2n) is 4.76. The van der Waals surface area contributed by atoms with Gasteiger partial charge in [-0.15, -0.1) is 0 Å². The lowest BCUT2D eigenvalue weighted by molar-refractivity contribution is -0.142. The molecule has 0 saturated heterocycles. The van der Waals surface area contributed by atoms with Crippen LogP contribution in [0, 0.1) is 0 Å². The minimum Gasteiger partial charge on any atom is -0.480 e. The van der Waals surface area contributed by atoms with E-state index in [0.717, 1.165) is 11.1 Å². The third-order valence-corrected chi connectivity index (χ3v) is 3.51. The Bertz CT molecular complexity index is 712. The molecule has 3 N–H and O–H groups in total. The molecule has 1 aromatic carbocycles. The third-order valence-electron chi connectivity index (χ3n) is 3.51. The van der Waals surface area contributed by atoms with E-state index in [-0.39, 0.29) is 24.5 Å². The molecule has 1 aromatic heterocycles. The first-order chi connectivity index (χ1) is 10.1. The molecule has 0 unspecified atom stereocenters. The summed E-state index contributed by atoms with van der Waals surface area (Å²) >= 11 is 0. The van der Waals surface area contributed by atoms with Crippen LogP contribution in [-0.2, 0) is 17.8 Å². The number of carbonyl (C=O) groups excluding carboxylic acids is 1. The third kappa shape index (κ3) is 2.20. The maximum atomic E-state index is 12.4. The van der Waals surface area contributed by atoms with E-state index in [1.54, 1.807) is 0 Å². The number of carboxylic acid groups (broad SMARTS) is 1. The Balaban J connectivity index is 1.98. The first kappa shape index (κ1) is 13.1. The molecule has 2 aromatic rings. The highest BCUT2D eigenvalue weighted by Crippen LogP contribution is 2.25. The first-order valence-corrected chi connectivity index (χ1v) is 6.26. The molecular weight excluding hydrogens is 276 g/mol. The van der Waals surface area contributed by atoms with E-state index in [9.17, 15) is 14.7 Å². The Morgan fingerprint density at radius 1 is 1.29 bits per heavy atom. The Morgan fingerprint density at radius 3 is 2.62 bits per heavy atom. The van der Waals surface area contributed by atoms with Crippen molar-refractivity contribution in [1.82, 2.24) is 15.2 Å². The molecule has 0 radical (unpaired) electrons. The number of nitrogens with two attached hydrogens (primary N) is 1. The van der Waals surface area contributed by atoms with E-state index >= 15 is 0 Å². The number of anilines is 1. The number of carbonyl (C=O) groups is 2. The highest BCUT2D eigenvalue weighted by molar-refractivity contribution is 5.98. The van der Waals surface area contributed by atoms with Gasteiger partial charge in [-0.05, 0) is 21.4 Å². The molecular formula is C13H12N4O4. The number of aromatic nitrogens is 2. The van der Waals surface area contributed by atoms with Gasteiger partial charge in [0.15, 0.2) is 0 Å². The van der Waals surface area contributed by atoms with Crippen LogP contribution in [0.2, 0.25) is 0 Å². The van der Waals surface area contributed by atoms with Gasteiger partial charge in [0.25, 0.3) is 5.91 Å². The molecule has 1 aliphatic rings. The van der Waals surface area contributed by atoms with E-state index in [0.29, 0.717) is 0 Å². The summed E-state index contributed by atoms with van der Waals surface area (Å²) in [7, 11) is 0. The predicted octanol–water partition coefficient (Wildman–Crippen LogP) is 0.303. The fourth-order valence-corrected chi connectivity index (χ4v) is 2.44. The average molecular weight is 288 g/mol. The van der Waals surface area contributed by atoms with Gasteiger partial charge in [0.05, 0.1) is 0 Å². The second kappa shape index (κ2) is 4.89. The molecule has 2 heterocycles. The molecule has 3 rings (SSSR count). The second-order valence-corrected chi connectivity index (χ2v) is 4.76. The van der Waals surface area contributed by atoms with Gasteiger partial charge < -0.3 is 15.7 Å². The van der Waals surface area contributed by atoms with Crippen molar-refractivity contribution in [3.05, 3.63) is 41.1 Å². The Hall–Kier alpha value is -2.90. The highest BCUT2D eigenvalue weighted by atomic mass is 16.6. The SMILES string of the molecule is Nc1nonc1C(=O)N1Cc2ccccc2C[C@@H]1C(=O)O. The zero-order chi connectivity index (χ0) is 15.0. The van der Waals surface area contributed by atoms with Crippen molar-refractivity contribution in [3.63, 3.8) is 0 Å². The summed E-state index contributed by atoms with van der Waals surface area (Å²) in [6.07, 6.45) is 0.239. The number of hydrogen-bond acceptors (Lipinski definition) is 6. The number of nitrogens with zero attached hydrogens (tertiary/aromatic N) is 3. The number of benzene rings is 1. The van der Waals surface area contributed by atoms with E-state index in [1.165, 1.54) is 4.90 Å². The summed E-state index contributed by atoms with van der Waals surface area (Å²) in [6, 6.07) is 6.43. The van der Waals surface area contributed by atoms with Crippen molar-refractivity contribution in [2.45, 2.75) is 19.0 Å². The summed E-state index contributed by atoms with van der Waals surface area (Å²) in [6.45, 7) is 0.179. The fourth-order valence-electron chi connectivity index (χ4n) is 2.44. The average Bonchev–Trinajstić information content (AvgIpc) is 2.91. The van der Waals surface area contributed by atoms with Gasteiger partial charge in [0.1, 0.15) is 6.04 Å². The standard InChI is InChI=1S/C13H12N4O4/c14-11-10(15-21-16-11)12(18)17-6-8-4-2-1-3-7(8)5-9(17)13(19)20/h1-4,9H,5-6H2,(H2,14,16)(H,19,20)/t9-/m1/s1. The van der Waals surface area contributed by atoms with Crippen molar-refractivity contribution in [3.8, 4) is 0 Å². The molecule has 21 heavy (non-hydrogen) atoms. The lowest BCUT2D eigenvalue weighted by Crippen LogP contribution is -2.48. The van der Waals surface area contributed by atoms with Crippen LogP contribution >= 0.6 is 0 Å². The summed E-state index contributed by atoms with van der Waals surface area (Å²) in [4.78, 5) is 25.1. The highest BCUT2D eigenvalue weighted by Gasteiger charge is 2.36. The van der Waals surface area contributed by atoms with Gasteiger partial charge in [-0.25, -0.2) is 9.42 Å². The van der Waals surface area contributed by atoms with Gasteiger partial charge in [-0.1, -0.05) is 24.3 Å². The molecule has 1 amide bonds. The van der Waals surface area contributed by atoms with Gasteiger partial charge in [-0.3, -0.25) is 4.79 Å². The van der Waals surface area contributed by atoms with Crippen molar-refractivity contribution >= 4 is 17.7 Å². The van der Waals surface area contributed by atoms with E-state index in [1.807, 2.05) is 24.3 Å². The lowest BCUT2D eigenvalue weighted by Gasteiger charge is -2.33. The molecule has 8 nitrogen and oxygen atoms in total. The summed E-state index contributed by atoms with van der Waals surface area (Å²) < 4.78 is 4.40. The monoisotopic (exact) mass is 288 g/mol. The number of aliphatic carboxylic acids is 1. The maximum absolute atomic E-state index is 12.4. The smallest absolute Gasteiger partial charge is 0.326 e. The van der Waals surface area contributed by atoms with Crippen molar-refractivity contribution < 1.29 is 19.3 Å². The molecule has 1 atom stereocenters. The molecule has 0 saturated carbocycles. The molecule has 8 heteroatoms. The molecule has 1 aliphatic heterocycles. The zero-order valence-corrected chi connectivity index (χ0v) is 10.9. The van der Waals surface area contributed by atoms with Crippen molar-refractivity contribution in [2.75, 3.05) is 5.73 Å². The number of carboxylic acids is 1. The quantitative estimate of drug-likeness (QED) is 0.814. The Morgan fingerprint density at radius 2 is 2.00 bits per heavy atom. The summed E-state index contributed by atoms with van der Waals surface area (Å²) in [5.41, 5.74) is 7.15. The van der Waals surface area contributed by atoms with E-state index < -0.39 is 17.9 Å². The molecule has 0 fully saturated rings. The Labute approximate surface area is 119 Å². The summed E-state index contributed by atoms with van der Waals surface area (Å²) in [5, 5.41) is 16.2. The number of amides is 1. The van der Waals surface area contributed by atoms with Crippen LogP contribution in [0.25, 0.3) is 0 Å². The number of hydrogen-bond donors (Lipinski definition) is 2. The van der Waals surface area contributed by atoms with Crippen LogP contribution in [0.4, 0.5) is 5.82 Å². The number of nitrogen functional groups attached to an aromatic ring is 1. The number of fused-ring (bicyclic) bond motifs is 1. The van der Waals surface area contributed by atoms with Crippen molar-refractivity contribution in [2.24, 2.45) is 0 Å². The Kier molecular flexibility index (Phi) is 3.05. The largest absolute Gasteiger partial charge is 0.480 e. The predicted molar refractivity (Wildman–Crippen MR) is 70.2 cm³/mol. The number of rotatable bonds is 2. The van der Waals surface area contributed by atoms with Crippen LogP contribution in [0.1, 0.15) is 21.6 Å². The van der Waals surface area contributed by atoms with Crippen LogP contribution in [0.5, 0.6) is 0 Å². The van der Waals surface area contributed by atoms with Crippen LogP contribution < -0.4 is 5.73 Å². The minimum absolute atomic E-state index is 0.150. The molecule has 0 spiro atoms. The fraction of sp³-hybridized carbons (Fsp3) is 0.231. The van der Waals surface area contributed by atoms with Gasteiger partial charge >= 0.3 is 5.97 Å². The molecule has 108 valence electrons. The van der Waals surface area contributed by atoms with Gasteiger partial charge in [0, 0.05) is 13.0 Å². The van der Waals surface area contributed by atoms with Crippen LogP contribution in [-0.4, -0.2) is 38.2 Å². The maximum Gasteiger partial charge on any atom is 0.326 e. The van der Waals surface area contributed by atoms with Crippen LogP contribution in [0.15, 0.2) is 28.9 Å². The van der Waals surface area contributed by atoms with E-state index in [4.69, 9.17) is 5.73 Å². The van der Waals surface area contributed by atoms with E-state index in [2.05, 4.69) is 14.9 Å². The normalized spacial score (nSPS) is 17.3. The molecule has 0 bridgehead atoms. The summed E-state index contributed by atoms with van der Waals surface area (Å²) in [5.74, 6) is -1.83. The first-order valence-electron chi connectivity index (χ1n) is 6.26. The van der Waals surface area contributed by atoms with Gasteiger partial charge in [-0.2, -0.15) is 0 Å². The lowest BCUT2D eigenvalue weighted by atomic mass is 9.93. The minimum atomic E-state index is -1.08. The molecule has 0 aliphatic carbocycles. The van der Waals surface area contributed by atoms with Crippen LogP contribution in [0.3, 0.4) is 0 Å². The van der Waals surface area contributed by atoms with Gasteiger partial charge in [0.2, 0.25) is 11.5 Å². The topological polar surface area (TPSA) is 123 Å². The zero-order valence-electron chi connectivity index (χ0n) is 10.9. The van der Waals surface area contributed by atoms with Crippen molar-refractivity contribution in [1.29, 1.82) is 0 Å².